The molecule has 2 aromatic heterocycles. The summed E-state index contributed by atoms with van der Waals surface area (Å²) in [4.78, 5) is 16.8. The zero-order valence-electron chi connectivity index (χ0n) is 16.2. The van der Waals surface area contributed by atoms with E-state index in [9.17, 15) is 9.90 Å². The van der Waals surface area contributed by atoms with Crippen LogP contribution in [0.25, 0.3) is 0 Å². The van der Waals surface area contributed by atoms with Crippen LogP contribution < -0.4 is 5.32 Å². The third-order valence-electron chi connectivity index (χ3n) is 4.81. The van der Waals surface area contributed by atoms with Crippen molar-refractivity contribution in [1.82, 2.24) is 4.98 Å². The van der Waals surface area contributed by atoms with Crippen LogP contribution in [0.4, 0.5) is 5.69 Å². The highest BCUT2D eigenvalue weighted by Gasteiger charge is 2.29. The second-order valence-electron chi connectivity index (χ2n) is 6.96. The minimum absolute atomic E-state index is 0.00932. The number of anilines is 1. The lowest BCUT2D eigenvalue weighted by Crippen LogP contribution is -2.29. The average molecular weight is 423 g/mol. The number of thiophene rings is 1. The molecule has 1 aliphatic rings. The molecular weight excluding hydrogens is 400 g/mol. The van der Waals surface area contributed by atoms with Crippen LogP contribution in [0.15, 0.2) is 77.5 Å². The van der Waals surface area contributed by atoms with Crippen LogP contribution in [0.2, 0.25) is 0 Å². The zero-order valence-corrected chi connectivity index (χ0v) is 17.0. The first-order valence-electron chi connectivity index (χ1n) is 9.63. The minimum Gasteiger partial charge on any atom is -0.459 e. The number of nitrogens with one attached hydrogen (secondary N) is 1. The molecule has 0 saturated heterocycles. The lowest BCUT2D eigenvalue weighted by Gasteiger charge is -2.29. The van der Waals surface area contributed by atoms with Crippen molar-refractivity contribution in [3.8, 4) is 0 Å². The standard InChI is InChI=1S/C23H22N2O4S/c26-13-16-3-5-17(6-4-16)14-28-22-11-19(18-7-9-30-15-18)10-21(29-22)23(27)25-20-2-1-8-24-12-20/h1-10,12,15,19,22,26H,11,13-14H2,(H,25,27)/t19-,22+/m0/s1. The summed E-state index contributed by atoms with van der Waals surface area (Å²) in [5, 5.41) is 16.1. The predicted molar refractivity (Wildman–Crippen MR) is 115 cm³/mol. The summed E-state index contributed by atoms with van der Waals surface area (Å²) in [7, 11) is 0. The monoisotopic (exact) mass is 422 g/mol. The molecule has 1 aliphatic heterocycles. The van der Waals surface area contributed by atoms with Gasteiger partial charge in [-0.2, -0.15) is 11.3 Å². The van der Waals surface area contributed by atoms with Crippen molar-refractivity contribution >= 4 is 22.9 Å². The maximum atomic E-state index is 12.8. The fourth-order valence-electron chi connectivity index (χ4n) is 3.20. The number of hydrogen-bond acceptors (Lipinski definition) is 6. The average Bonchev–Trinajstić information content (AvgIpc) is 3.34. The summed E-state index contributed by atoms with van der Waals surface area (Å²) in [6.07, 6.45) is 5.16. The SMILES string of the molecule is O=C(Nc1cccnc1)C1=C[C@H](c2ccsc2)C[C@H](OCc2ccc(CO)cc2)O1. The van der Waals surface area contributed by atoms with E-state index in [1.165, 1.54) is 0 Å². The van der Waals surface area contributed by atoms with Crippen molar-refractivity contribution in [3.63, 3.8) is 0 Å². The summed E-state index contributed by atoms with van der Waals surface area (Å²) < 4.78 is 11.9. The van der Waals surface area contributed by atoms with E-state index in [1.807, 2.05) is 35.7 Å². The Labute approximate surface area is 178 Å². The van der Waals surface area contributed by atoms with Gasteiger partial charge in [0.1, 0.15) is 0 Å². The number of ether oxygens (including phenoxy) is 2. The molecule has 0 aliphatic carbocycles. The highest BCUT2D eigenvalue weighted by molar-refractivity contribution is 7.08. The molecule has 0 unspecified atom stereocenters. The molecule has 1 aromatic carbocycles. The van der Waals surface area contributed by atoms with Crippen LogP contribution in [0.1, 0.15) is 29.0 Å². The van der Waals surface area contributed by atoms with Gasteiger partial charge in [0, 0.05) is 18.5 Å². The molecule has 3 heterocycles. The van der Waals surface area contributed by atoms with Crippen molar-refractivity contribution in [1.29, 1.82) is 0 Å². The number of aromatic nitrogens is 1. The van der Waals surface area contributed by atoms with Gasteiger partial charge in [-0.25, -0.2) is 0 Å². The van der Waals surface area contributed by atoms with Gasteiger partial charge < -0.3 is 19.9 Å². The van der Waals surface area contributed by atoms with Crippen molar-refractivity contribution in [3.05, 3.63) is 94.1 Å². The lowest BCUT2D eigenvalue weighted by atomic mass is 9.95. The largest absolute Gasteiger partial charge is 0.459 e. The molecule has 3 aromatic rings. The van der Waals surface area contributed by atoms with Crippen molar-refractivity contribution < 1.29 is 19.4 Å². The number of carbonyl (C=O) groups is 1. The van der Waals surface area contributed by atoms with Crippen molar-refractivity contribution in [2.24, 2.45) is 0 Å². The molecule has 154 valence electrons. The summed E-state index contributed by atoms with van der Waals surface area (Å²) in [5.41, 5.74) is 3.56. The Morgan fingerprint density at radius 3 is 2.77 bits per heavy atom. The molecular formula is C23H22N2O4S. The van der Waals surface area contributed by atoms with Gasteiger partial charge in [-0.15, -0.1) is 0 Å². The van der Waals surface area contributed by atoms with E-state index in [-0.39, 0.29) is 24.2 Å². The first-order chi connectivity index (χ1) is 14.7. The Hall–Kier alpha value is -3.00. The van der Waals surface area contributed by atoms with Crippen molar-refractivity contribution in [2.45, 2.75) is 31.8 Å². The summed E-state index contributed by atoms with van der Waals surface area (Å²) in [5.74, 6) is -0.0628. The smallest absolute Gasteiger partial charge is 0.290 e. The van der Waals surface area contributed by atoms with Gasteiger partial charge in [0.05, 0.1) is 25.1 Å². The molecule has 1 amide bonds. The molecule has 2 atom stereocenters. The fraction of sp³-hybridized carbons (Fsp3) is 0.217. The molecule has 4 rings (SSSR count). The van der Waals surface area contributed by atoms with Crippen LogP contribution in [0.5, 0.6) is 0 Å². The van der Waals surface area contributed by atoms with Gasteiger partial charge in [-0.3, -0.25) is 9.78 Å². The predicted octanol–water partition coefficient (Wildman–Crippen LogP) is 4.20. The molecule has 6 nitrogen and oxygen atoms in total. The number of nitrogens with zero attached hydrogens (tertiary/aromatic N) is 1. The van der Waals surface area contributed by atoms with Crippen LogP contribution in [-0.4, -0.2) is 22.3 Å². The number of hydrogen-bond donors (Lipinski definition) is 2. The Morgan fingerprint density at radius 1 is 1.23 bits per heavy atom. The number of aliphatic hydroxyl groups excluding tert-OH is 1. The molecule has 0 fully saturated rings. The van der Waals surface area contributed by atoms with Gasteiger partial charge in [0.25, 0.3) is 5.91 Å². The number of aliphatic hydroxyl groups is 1. The Balaban J connectivity index is 1.46. The van der Waals surface area contributed by atoms with Crippen LogP contribution in [0, 0.1) is 0 Å². The van der Waals surface area contributed by atoms with Crippen molar-refractivity contribution in [2.75, 3.05) is 5.32 Å². The van der Waals surface area contributed by atoms with Crippen LogP contribution in [0.3, 0.4) is 0 Å². The van der Waals surface area contributed by atoms with Crippen LogP contribution >= 0.6 is 11.3 Å². The maximum Gasteiger partial charge on any atom is 0.290 e. The van der Waals surface area contributed by atoms with Gasteiger partial charge >= 0.3 is 0 Å². The van der Waals surface area contributed by atoms with Gasteiger partial charge in [0.2, 0.25) is 6.29 Å². The van der Waals surface area contributed by atoms with E-state index in [0.717, 1.165) is 16.7 Å². The van der Waals surface area contributed by atoms with E-state index in [2.05, 4.69) is 21.7 Å². The number of rotatable bonds is 7. The number of allylic oxidation sites excluding steroid dienone is 1. The Morgan fingerprint density at radius 2 is 2.07 bits per heavy atom. The first-order valence-corrected chi connectivity index (χ1v) is 10.6. The highest BCUT2D eigenvalue weighted by atomic mass is 32.1. The van der Waals surface area contributed by atoms with Crippen LogP contribution in [-0.2, 0) is 27.5 Å². The third-order valence-corrected chi connectivity index (χ3v) is 5.51. The summed E-state index contributed by atoms with van der Waals surface area (Å²) >= 11 is 1.62. The quantitative estimate of drug-likeness (QED) is 0.596. The van der Waals surface area contributed by atoms with E-state index in [4.69, 9.17) is 9.47 Å². The van der Waals surface area contributed by atoms with Gasteiger partial charge in [-0.1, -0.05) is 24.3 Å². The molecule has 2 N–H and O–H groups in total. The number of benzene rings is 1. The molecule has 30 heavy (non-hydrogen) atoms. The zero-order chi connectivity index (χ0) is 20.8. The van der Waals surface area contributed by atoms with E-state index in [0.29, 0.717) is 18.7 Å². The topological polar surface area (TPSA) is 80.7 Å². The molecule has 0 radical (unpaired) electrons. The number of carbonyl (C=O) groups excluding carboxylic acids is 1. The minimum atomic E-state index is -0.549. The highest BCUT2D eigenvalue weighted by Crippen LogP contribution is 2.33. The molecule has 0 bridgehead atoms. The fourth-order valence-corrected chi connectivity index (χ4v) is 3.92. The van der Waals surface area contributed by atoms with Gasteiger partial charge in [0.15, 0.2) is 5.76 Å². The summed E-state index contributed by atoms with van der Waals surface area (Å²) in [6.45, 7) is 0.361. The van der Waals surface area contributed by atoms with Gasteiger partial charge in [-0.05, 0) is 51.7 Å². The Kier molecular flexibility index (Phi) is 6.53. The lowest BCUT2D eigenvalue weighted by molar-refractivity contribution is -0.147. The van der Waals surface area contributed by atoms with E-state index < -0.39 is 6.29 Å². The summed E-state index contributed by atoms with van der Waals surface area (Å²) in [6, 6.07) is 13.1. The van der Waals surface area contributed by atoms with E-state index in [1.54, 1.807) is 35.9 Å². The molecule has 0 spiro atoms. The second kappa shape index (κ2) is 9.67. The number of pyridine rings is 1. The normalized spacial score (nSPS) is 18.4. The Bertz CT molecular complexity index is 988. The first kappa shape index (κ1) is 20.3. The molecule has 0 saturated carbocycles. The second-order valence-corrected chi connectivity index (χ2v) is 7.74. The molecule has 7 heteroatoms. The third kappa shape index (κ3) is 5.13. The van der Waals surface area contributed by atoms with E-state index >= 15 is 0 Å². The maximum absolute atomic E-state index is 12.8. The number of amides is 1.